The summed E-state index contributed by atoms with van der Waals surface area (Å²) in [5.74, 6) is 1.73. The maximum Gasteiger partial charge on any atom is 0.124 e. The summed E-state index contributed by atoms with van der Waals surface area (Å²) in [5.41, 5.74) is 2.59. The van der Waals surface area contributed by atoms with Gasteiger partial charge in [0.25, 0.3) is 0 Å². The molecule has 0 bridgehead atoms. The van der Waals surface area contributed by atoms with Crippen LogP contribution in [0, 0.1) is 5.92 Å². The van der Waals surface area contributed by atoms with Gasteiger partial charge in [0.05, 0.1) is 6.61 Å². The molecular weight excluding hydrogens is 214 g/mol. The van der Waals surface area contributed by atoms with E-state index in [4.69, 9.17) is 9.47 Å². The van der Waals surface area contributed by atoms with Gasteiger partial charge >= 0.3 is 0 Å². The minimum absolute atomic E-state index is 0.661. The molecule has 0 aromatic heterocycles. The van der Waals surface area contributed by atoms with Crippen molar-refractivity contribution in [2.45, 2.75) is 19.3 Å². The van der Waals surface area contributed by atoms with Gasteiger partial charge in [-0.3, -0.25) is 0 Å². The zero-order chi connectivity index (χ0) is 11.5. The van der Waals surface area contributed by atoms with E-state index in [9.17, 15) is 0 Å². The fourth-order valence-corrected chi connectivity index (χ4v) is 2.57. The van der Waals surface area contributed by atoms with E-state index < -0.39 is 0 Å². The smallest absolute Gasteiger partial charge is 0.124 e. The Labute approximate surface area is 102 Å². The van der Waals surface area contributed by atoms with Gasteiger partial charge in [-0.2, -0.15) is 0 Å². The maximum atomic E-state index is 5.99. The first-order valence-electron chi connectivity index (χ1n) is 6.50. The van der Waals surface area contributed by atoms with Crippen molar-refractivity contribution in [2.24, 2.45) is 5.92 Å². The van der Waals surface area contributed by atoms with E-state index in [0.717, 1.165) is 51.4 Å². The molecule has 1 saturated heterocycles. The number of rotatable bonds is 3. The monoisotopic (exact) mass is 233 g/mol. The lowest BCUT2D eigenvalue weighted by Crippen LogP contribution is -2.21. The summed E-state index contributed by atoms with van der Waals surface area (Å²) in [5, 5.41) is 3.38. The average Bonchev–Trinajstić information content (AvgIpc) is 2.86. The van der Waals surface area contributed by atoms with Crippen LogP contribution in [-0.2, 0) is 11.2 Å². The zero-order valence-corrected chi connectivity index (χ0v) is 10.1. The normalized spacial score (nSPS) is 19.8. The summed E-state index contributed by atoms with van der Waals surface area (Å²) in [6, 6.07) is 6.28. The maximum absolute atomic E-state index is 5.99. The van der Waals surface area contributed by atoms with Crippen LogP contribution >= 0.6 is 0 Å². The molecule has 0 atom stereocenters. The molecule has 2 aliphatic heterocycles. The lowest BCUT2D eigenvalue weighted by atomic mass is 10.0. The van der Waals surface area contributed by atoms with Gasteiger partial charge in [-0.15, -0.1) is 0 Å². The number of fused-ring (bicyclic) bond motifs is 1. The zero-order valence-electron chi connectivity index (χ0n) is 10.1. The standard InChI is InChI=1S/C14H19NO2/c1-2-13-12(4-7-15-13)14(3-1)17-10-11-5-8-16-9-6-11/h1-3,11,15H,4-10H2. The Morgan fingerprint density at radius 2 is 2.18 bits per heavy atom. The predicted octanol–water partition coefficient (Wildman–Crippen LogP) is 2.46. The fraction of sp³-hybridized carbons (Fsp3) is 0.571. The third-order valence-corrected chi connectivity index (χ3v) is 3.64. The van der Waals surface area contributed by atoms with Gasteiger partial charge in [0.15, 0.2) is 0 Å². The van der Waals surface area contributed by atoms with Crippen LogP contribution in [0.3, 0.4) is 0 Å². The second kappa shape index (κ2) is 4.96. The number of ether oxygens (including phenoxy) is 2. The van der Waals surface area contributed by atoms with Crippen molar-refractivity contribution in [3.05, 3.63) is 23.8 Å². The average molecular weight is 233 g/mol. The number of anilines is 1. The highest BCUT2D eigenvalue weighted by Crippen LogP contribution is 2.31. The second-order valence-corrected chi connectivity index (χ2v) is 4.83. The van der Waals surface area contributed by atoms with E-state index >= 15 is 0 Å². The second-order valence-electron chi connectivity index (χ2n) is 4.83. The molecule has 3 heteroatoms. The van der Waals surface area contributed by atoms with Gasteiger partial charge in [-0.25, -0.2) is 0 Å². The molecule has 1 aromatic rings. The van der Waals surface area contributed by atoms with Crippen LogP contribution in [0.15, 0.2) is 18.2 Å². The molecule has 0 spiro atoms. The van der Waals surface area contributed by atoms with Crippen LogP contribution in [0.2, 0.25) is 0 Å². The Kier molecular flexibility index (Phi) is 3.18. The Morgan fingerprint density at radius 3 is 3.06 bits per heavy atom. The first-order chi connectivity index (χ1) is 8.43. The number of hydrogen-bond donors (Lipinski definition) is 1. The van der Waals surface area contributed by atoms with E-state index in [2.05, 4.69) is 23.5 Å². The van der Waals surface area contributed by atoms with E-state index in [1.54, 1.807) is 0 Å². The lowest BCUT2D eigenvalue weighted by molar-refractivity contribution is 0.0496. The van der Waals surface area contributed by atoms with Crippen molar-refractivity contribution >= 4 is 5.69 Å². The van der Waals surface area contributed by atoms with Crippen molar-refractivity contribution in [3.63, 3.8) is 0 Å². The van der Waals surface area contributed by atoms with Crippen LogP contribution in [0.1, 0.15) is 18.4 Å². The number of benzene rings is 1. The molecule has 1 fully saturated rings. The molecule has 2 aliphatic rings. The minimum atomic E-state index is 0.661. The van der Waals surface area contributed by atoms with Crippen molar-refractivity contribution < 1.29 is 9.47 Å². The predicted molar refractivity (Wildman–Crippen MR) is 67.7 cm³/mol. The van der Waals surface area contributed by atoms with Gasteiger partial charge in [0.2, 0.25) is 0 Å². The van der Waals surface area contributed by atoms with E-state index in [1.165, 1.54) is 11.3 Å². The molecule has 0 saturated carbocycles. The molecule has 2 heterocycles. The van der Waals surface area contributed by atoms with Crippen molar-refractivity contribution in [2.75, 3.05) is 31.7 Å². The summed E-state index contributed by atoms with van der Waals surface area (Å²) in [7, 11) is 0. The molecule has 0 radical (unpaired) electrons. The highest BCUT2D eigenvalue weighted by molar-refractivity contribution is 5.61. The van der Waals surface area contributed by atoms with Gasteiger partial charge in [-0.1, -0.05) is 6.07 Å². The quantitative estimate of drug-likeness (QED) is 0.870. The molecule has 92 valence electrons. The Hall–Kier alpha value is -1.22. The lowest BCUT2D eigenvalue weighted by Gasteiger charge is -2.22. The highest BCUT2D eigenvalue weighted by atomic mass is 16.5. The van der Waals surface area contributed by atoms with E-state index in [-0.39, 0.29) is 0 Å². The third kappa shape index (κ3) is 2.39. The Morgan fingerprint density at radius 1 is 1.29 bits per heavy atom. The number of hydrogen-bond acceptors (Lipinski definition) is 3. The Bertz CT molecular complexity index is 386. The van der Waals surface area contributed by atoms with Gasteiger partial charge in [-0.05, 0) is 37.3 Å². The third-order valence-electron chi connectivity index (χ3n) is 3.64. The molecule has 3 rings (SSSR count). The number of nitrogens with one attached hydrogen (secondary N) is 1. The van der Waals surface area contributed by atoms with Gasteiger partial charge < -0.3 is 14.8 Å². The van der Waals surface area contributed by atoms with E-state index in [1.807, 2.05) is 0 Å². The van der Waals surface area contributed by atoms with Gasteiger partial charge in [0, 0.05) is 31.0 Å². The topological polar surface area (TPSA) is 30.5 Å². The SMILES string of the molecule is c1cc2c(c(OCC3CCOCC3)c1)CCN2. The van der Waals surface area contributed by atoms with Crippen LogP contribution in [0.25, 0.3) is 0 Å². The summed E-state index contributed by atoms with van der Waals surface area (Å²) in [6.45, 7) is 3.65. The summed E-state index contributed by atoms with van der Waals surface area (Å²) >= 11 is 0. The van der Waals surface area contributed by atoms with Crippen LogP contribution < -0.4 is 10.1 Å². The summed E-state index contributed by atoms with van der Waals surface area (Å²) in [6.07, 6.45) is 3.35. The van der Waals surface area contributed by atoms with Gasteiger partial charge in [0.1, 0.15) is 5.75 Å². The summed E-state index contributed by atoms with van der Waals surface area (Å²) in [4.78, 5) is 0. The highest BCUT2D eigenvalue weighted by Gasteiger charge is 2.18. The van der Waals surface area contributed by atoms with Crippen molar-refractivity contribution in [1.82, 2.24) is 0 Å². The fourth-order valence-electron chi connectivity index (χ4n) is 2.57. The summed E-state index contributed by atoms with van der Waals surface area (Å²) < 4.78 is 11.4. The molecular formula is C14H19NO2. The molecule has 17 heavy (non-hydrogen) atoms. The van der Waals surface area contributed by atoms with Crippen LogP contribution in [0.5, 0.6) is 5.75 Å². The first-order valence-corrected chi connectivity index (χ1v) is 6.50. The molecule has 0 aliphatic carbocycles. The van der Waals surface area contributed by atoms with Crippen LogP contribution in [-0.4, -0.2) is 26.4 Å². The van der Waals surface area contributed by atoms with Crippen molar-refractivity contribution in [3.8, 4) is 5.75 Å². The molecule has 3 nitrogen and oxygen atoms in total. The largest absolute Gasteiger partial charge is 0.493 e. The first kappa shape index (κ1) is 10.9. The molecule has 0 amide bonds. The van der Waals surface area contributed by atoms with E-state index in [0.29, 0.717) is 5.92 Å². The minimum Gasteiger partial charge on any atom is -0.493 e. The molecule has 1 aromatic carbocycles. The molecule has 1 N–H and O–H groups in total. The van der Waals surface area contributed by atoms with Crippen molar-refractivity contribution in [1.29, 1.82) is 0 Å². The molecule has 0 unspecified atom stereocenters. The Balaban J connectivity index is 1.63. The van der Waals surface area contributed by atoms with Crippen LogP contribution in [0.4, 0.5) is 5.69 Å².